The first kappa shape index (κ1) is 14.2. The van der Waals surface area contributed by atoms with Crippen LogP contribution >= 0.6 is 0 Å². The monoisotopic (exact) mass is 250 g/mol. The van der Waals surface area contributed by atoms with Crippen LogP contribution in [0.3, 0.4) is 0 Å². The number of rotatable bonds is 2. The average molecular weight is 250 g/mol. The molecule has 0 aliphatic carbocycles. The summed E-state index contributed by atoms with van der Waals surface area (Å²) in [6.07, 6.45) is -3.24. The Morgan fingerprint density at radius 3 is 2.71 bits per heavy atom. The van der Waals surface area contributed by atoms with E-state index in [4.69, 9.17) is 4.74 Å². The lowest BCUT2D eigenvalue weighted by Gasteiger charge is -2.37. The molecular weight excluding hydrogens is 230 g/mol. The van der Waals surface area contributed by atoms with E-state index in [1.165, 1.54) is 4.90 Å². The molecule has 4 nitrogen and oxygen atoms in total. The average Bonchev–Trinajstić information content (AvgIpc) is 2.14. The number of halogens is 2. The second-order valence-corrected chi connectivity index (χ2v) is 5.16. The van der Waals surface area contributed by atoms with Gasteiger partial charge in [0.2, 0.25) is 6.43 Å². The van der Waals surface area contributed by atoms with E-state index in [9.17, 15) is 13.6 Å². The molecule has 1 unspecified atom stereocenters. The SMILES string of the molecule is CC(C)(C)OC(=O)N1CCNCC1CC(F)F. The highest BCUT2D eigenvalue weighted by atomic mass is 19.3. The number of amides is 1. The van der Waals surface area contributed by atoms with Crippen LogP contribution in [0.25, 0.3) is 0 Å². The van der Waals surface area contributed by atoms with E-state index >= 15 is 0 Å². The molecule has 0 saturated carbocycles. The van der Waals surface area contributed by atoms with Crippen molar-refractivity contribution in [1.29, 1.82) is 0 Å². The van der Waals surface area contributed by atoms with Crippen LogP contribution in [0.4, 0.5) is 13.6 Å². The summed E-state index contributed by atoms with van der Waals surface area (Å²) in [6, 6.07) is -0.487. The summed E-state index contributed by atoms with van der Waals surface area (Å²) in [5.74, 6) is 0. The van der Waals surface area contributed by atoms with Crippen molar-refractivity contribution >= 4 is 6.09 Å². The van der Waals surface area contributed by atoms with Gasteiger partial charge in [0.05, 0.1) is 6.04 Å². The summed E-state index contributed by atoms with van der Waals surface area (Å²) in [4.78, 5) is 13.2. The normalized spacial score (nSPS) is 21.8. The van der Waals surface area contributed by atoms with E-state index in [1.807, 2.05) is 0 Å². The van der Waals surface area contributed by atoms with E-state index < -0.39 is 24.2 Å². The highest BCUT2D eigenvalue weighted by molar-refractivity contribution is 5.68. The topological polar surface area (TPSA) is 41.6 Å². The van der Waals surface area contributed by atoms with Crippen molar-refractivity contribution in [3.05, 3.63) is 0 Å². The Balaban J connectivity index is 2.61. The number of ether oxygens (including phenoxy) is 1. The van der Waals surface area contributed by atoms with Gasteiger partial charge in [-0.25, -0.2) is 13.6 Å². The molecule has 0 aromatic heterocycles. The molecule has 0 aromatic carbocycles. The summed E-state index contributed by atoms with van der Waals surface area (Å²) in [7, 11) is 0. The fourth-order valence-corrected chi connectivity index (χ4v) is 1.74. The third-order valence-electron chi connectivity index (χ3n) is 2.43. The van der Waals surface area contributed by atoms with Crippen LogP contribution in [0.15, 0.2) is 0 Å². The zero-order valence-corrected chi connectivity index (χ0v) is 10.5. The van der Waals surface area contributed by atoms with Crippen LogP contribution in [0.5, 0.6) is 0 Å². The summed E-state index contributed by atoms with van der Waals surface area (Å²) in [6.45, 7) is 6.69. The number of nitrogens with zero attached hydrogens (tertiary/aromatic N) is 1. The van der Waals surface area contributed by atoms with Crippen molar-refractivity contribution in [2.45, 2.75) is 45.3 Å². The second kappa shape index (κ2) is 5.62. The van der Waals surface area contributed by atoms with Crippen LogP contribution in [0.1, 0.15) is 27.2 Å². The highest BCUT2D eigenvalue weighted by Crippen LogP contribution is 2.17. The Morgan fingerprint density at radius 2 is 2.18 bits per heavy atom. The van der Waals surface area contributed by atoms with E-state index in [0.717, 1.165) is 0 Å². The molecule has 1 aliphatic heterocycles. The Kier molecular flexibility index (Phi) is 4.68. The number of nitrogens with one attached hydrogen (secondary N) is 1. The molecule has 1 rings (SSSR count). The van der Waals surface area contributed by atoms with Crippen molar-refractivity contribution in [3.63, 3.8) is 0 Å². The number of carbonyl (C=O) groups excluding carboxylic acids is 1. The van der Waals surface area contributed by atoms with Crippen LogP contribution in [0.2, 0.25) is 0 Å². The first-order valence-corrected chi connectivity index (χ1v) is 5.78. The Bertz CT molecular complexity index is 267. The summed E-state index contributed by atoms with van der Waals surface area (Å²) < 4.78 is 30.0. The maximum Gasteiger partial charge on any atom is 0.410 e. The van der Waals surface area contributed by atoms with E-state index in [0.29, 0.717) is 19.6 Å². The van der Waals surface area contributed by atoms with Crippen LogP contribution in [-0.4, -0.2) is 48.7 Å². The Morgan fingerprint density at radius 1 is 1.53 bits per heavy atom. The molecule has 1 atom stereocenters. The molecular formula is C11H20F2N2O2. The molecule has 1 saturated heterocycles. The standard InChI is InChI=1S/C11H20F2N2O2/c1-11(2,3)17-10(16)15-5-4-14-7-8(15)6-9(12)13/h8-9,14H,4-7H2,1-3H3. The van der Waals surface area contributed by atoms with Crippen molar-refractivity contribution in [2.24, 2.45) is 0 Å². The molecule has 17 heavy (non-hydrogen) atoms. The van der Waals surface area contributed by atoms with Crippen molar-refractivity contribution in [1.82, 2.24) is 10.2 Å². The van der Waals surface area contributed by atoms with Gasteiger partial charge in [-0.3, -0.25) is 0 Å². The van der Waals surface area contributed by atoms with Gasteiger partial charge in [0.25, 0.3) is 0 Å². The number of piperazine rings is 1. The van der Waals surface area contributed by atoms with Gasteiger partial charge in [0, 0.05) is 26.1 Å². The zero-order valence-electron chi connectivity index (χ0n) is 10.5. The summed E-state index contributed by atoms with van der Waals surface area (Å²) in [5.41, 5.74) is -0.600. The van der Waals surface area contributed by atoms with Gasteiger partial charge in [-0.1, -0.05) is 0 Å². The number of hydrogen-bond acceptors (Lipinski definition) is 3. The Labute approximate surface area is 100 Å². The minimum Gasteiger partial charge on any atom is -0.444 e. The quantitative estimate of drug-likeness (QED) is 0.813. The summed E-state index contributed by atoms with van der Waals surface area (Å²) in [5, 5.41) is 3.01. The molecule has 6 heteroatoms. The van der Waals surface area contributed by atoms with Crippen molar-refractivity contribution in [3.8, 4) is 0 Å². The van der Waals surface area contributed by atoms with Crippen LogP contribution in [-0.2, 0) is 4.74 Å². The largest absolute Gasteiger partial charge is 0.444 e. The van der Waals surface area contributed by atoms with E-state index in [1.54, 1.807) is 20.8 Å². The predicted octanol–water partition coefficient (Wildman–Crippen LogP) is 1.85. The molecule has 0 spiro atoms. The van der Waals surface area contributed by atoms with Gasteiger partial charge in [-0.05, 0) is 20.8 Å². The van der Waals surface area contributed by atoms with Gasteiger partial charge in [0.1, 0.15) is 5.60 Å². The maximum atomic E-state index is 12.4. The zero-order chi connectivity index (χ0) is 13.1. The third kappa shape index (κ3) is 4.85. The lowest BCUT2D eigenvalue weighted by molar-refractivity contribution is 0.00277. The Hall–Kier alpha value is -0.910. The molecule has 1 heterocycles. The number of hydrogen-bond donors (Lipinski definition) is 1. The van der Waals surface area contributed by atoms with Gasteiger partial charge in [0.15, 0.2) is 0 Å². The lowest BCUT2D eigenvalue weighted by Crippen LogP contribution is -2.55. The minimum atomic E-state index is -2.41. The minimum absolute atomic E-state index is 0.313. The van der Waals surface area contributed by atoms with Crippen molar-refractivity contribution in [2.75, 3.05) is 19.6 Å². The second-order valence-electron chi connectivity index (χ2n) is 5.16. The number of carbonyl (C=O) groups is 1. The fourth-order valence-electron chi connectivity index (χ4n) is 1.74. The van der Waals surface area contributed by atoms with Gasteiger partial charge in [-0.2, -0.15) is 0 Å². The van der Waals surface area contributed by atoms with E-state index in [2.05, 4.69) is 5.32 Å². The molecule has 1 N–H and O–H groups in total. The molecule has 0 radical (unpaired) electrons. The maximum absolute atomic E-state index is 12.4. The molecule has 1 fully saturated rings. The fraction of sp³-hybridized carbons (Fsp3) is 0.909. The predicted molar refractivity (Wildman–Crippen MR) is 60.2 cm³/mol. The third-order valence-corrected chi connectivity index (χ3v) is 2.43. The van der Waals surface area contributed by atoms with Crippen LogP contribution < -0.4 is 5.32 Å². The molecule has 100 valence electrons. The van der Waals surface area contributed by atoms with Crippen LogP contribution in [0, 0.1) is 0 Å². The molecule has 0 aromatic rings. The smallest absolute Gasteiger partial charge is 0.410 e. The molecule has 1 aliphatic rings. The lowest BCUT2D eigenvalue weighted by atomic mass is 10.1. The van der Waals surface area contributed by atoms with Gasteiger partial charge in [-0.15, -0.1) is 0 Å². The molecule has 1 amide bonds. The van der Waals surface area contributed by atoms with Gasteiger partial charge >= 0.3 is 6.09 Å². The molecule has 0 bridgehead atoms. The first-order chi connectivity index (χ1) is 7.79. The number of alkyl halides is 2. The highest BCUT2D eigenvalue weighted by Gasteiger charge is 2.31. The first-order valence-electron chi connectivity index (χ1n) is 5.78. The van der Waals surface area contributed by atoms with E-state index in [-0.39, 0.29) is 6.42 Å². The van der Waals surface area contributed by atoms with Gasteiger partial charge < -0.3 is 15.0 Å². The van der Waals surface area contributed by atoms with Crippen molar-refractivity contribution < 1.29 is 18.3 Å². The summed E-state index contributed by atoms with van der Waals surface area (Å²) >= 11 is 0.